The van der Waals surface area contributed by atoms with E-state index in [1.807, 2.05) is 24.3 Å². The molecular formula is C15H16N2O4. The molecule has 1 aromatic carbocycles. The fraction of sp³-hybridized carbons (Fsp3) is 0.333. The second-order valence-electron chi connectivity index (χ2n) is 4.74. The largest absolute Gasteiger partial charge is 0.481 e. The topological polar surface area (TPSA) is 92.8 Å². The Hall–Kier alpha value is -2.50. The number of rotatable bonds is 6. The Balaban J connectivity index is 1.93. The van der Waals surface area contributed by atoms with Crippen molar-refractivity contribution in [2.75, 3.05) is 0 Å². The highest BCUT2D eigenvalue weighted by Crippen LogP contribution is 2.15. The predicted molar refractivity (Wildman–Crippen MR) is 77.3 cm³/mol. The van der Waals surface area contributed by atoms with Gasteiger partial charge in [-0.15, -0.1) is 0 Å². The van der Waals surface area contributed by atoms with E-state index in [9.17, 15) is 9.59 Å². The van der Waals surface area contributed by atoms with E-state index in [1.54, 1.807) is 6.92 Å². The maximum absolute atomic E-state index is 11.6. The Morgan fingerprint density at radius 1 is 1.29 bits per heavy atom. The van der Waals surface area contributed by atoms with E-state index >= 15 is 0 Å². The first-order valence-corrected chi connectivity index (χ1v) is 6.68. The minimum absolute atomic E-state index is 0.0224. The van der Waals surface area contributed by atoms with Gasteiger partial charge in [0.15, 0.2) is 5.58 Å². The Morgan fingerprint density at radius 3 is 2.76 bits per heavy atom. The van der Waals surface area contributed by atoms with Crippen molar-refractivity contribution in [3.05, 3.63) is 30.2 Å². The molecule has 1 heterocycles. The van der Waals surface area contributed by atoms with Crippen molar-refractivity contribution in [1.29, 1.82) is 0 Å². The summed E-state index contributed by atoms with van der Waals surface area (Å²) in [7, 11) is 0. The van der Waals surface area contributed by atoms with E-state index in [0.29, 0.717) is 30.0 Å². The normalized spacial score (nSPS) is 11.8. The molecule has 1 aromatic heterocycles. The van der Waals surface area contributed by atoms with Gasteiger partial charge < -0.3 is 9.52 Å². The summed E-state index contributed by atoms with van der Waals surface area (Å²) < 4.78 is 5.55. The van der Waals surface area contributed by atoms with E-state index in [0.717, 1.165) is 5.52 Å². The van der Waals surface area contributed by atoms with Gasteiger partial charge in [-0.1, -0.05) is 12.1 Å². The van der Waals surface area contributed by atoms with E-state index in [1.165, 1.54) is 0 Å². The summed E-state index contributed by atoms with van der Waals surface area (Å²) in [5, 5.41) is 8.50. The van der Waals surface area contributed by atoms with Crippen molar-refractivity contribution in [3.8, 4) is 0 Å². The summed E-state index contributed by atoms with van der Waals surface area (Å²) in [4.78, 5) is 30.2. The molecule has 0 atom stereocenters. The van der Waals surface area contributed by atoms with Crippen LogP contribution in [0.1, 0.15) is 32.1 Å². The van der Waals surface area contributed by atoms with Crippen molar-refractivity contribution < 1.29 is 19.1 Å². The first kappa shape index (κ1) is 14.9. The maximum atomic E-state index is 11.6. The molecule has 0 radical (unpaired) electrons. The van der Waals surface area contributed by atoms with Gasteiger partial charge >= 0.3 is 5.97 Å². The molecule has 0 bridgehead atoms. The van der Waals surface area contributed by atoms with Gasteiger partial charge in [-0.2, -0.15) is 0 Å². The molecule has 0 saturated heterocycles. The number of benzene rings is 1. The Bertz CT molecular complexity index is 655. The van der Waals surface area contributed by atoms with E-state index in [2.05, 4.69) is 9.98 Å². The summed E-state index contributed by atoms with van der Waals surface area (Å²) in [6.07, 6.45) is 0.774. The van der Waals surface area contributed by atoms with Crippen LogP contribution in [0.25, 0.3) is 11.1 Å². The lowest BCUT2D eigenvalue weighted by Gasteiger charge is -1.97. The average Bonchev–Trinajstić information content (AvgIpc) is 2.79. The van der Waals surface area contributed by atoms with Crippen LogP contribution in [0, 0.1) is 0 Å². The van der Waals surface area contributed by atoms with Gasteiger partial charge in [0.2, 0.25) is 11.8 Å². The summed E-state index contributed by atoms with van der Waals surface area (Å²) in [6, 6.07) is 7.42. The Labute approximate surface area is 121 Å². The molecule has 0 unspecified atom stereocenters. The lowest BCUT2D eigenvalue weighted by Crippen LogP contribution is -2.04. The molecule has 2 rings (SSSR count). The SMILES string of the molecule is CC(Cc1nc2ccccc2o1)=NC(=O)CCCC(=O)O. The fourth-order valence-corrected chi connectivity index (χ4v) is 1.91. The molecule has 0 fully saturated rings. The van der Waals surface area contributed by atoms with Crippen molar-refractivity contribution in [3.63, 3.8) is 0 Å². The monoisotopic (exact) mass is 288 g/mol. The van der Waals surface area contributed by atoms with Crippen molar-refractivity contribution >= 4 is 28.7 Å². The zero-order valence-corrected chi connectivity index (χ0v) is 11.7. The highest BCUT2D eigenvalue weighted by molar-refractivity contribution is 5.95. The number of aliphatic carboxylic acids is 1. The molecule has 0 spiro atoms. The number of carboxylic acid groups (broad SMARTS) is 1. The lowest BCUT2D eigenvalue weighted by atomic mass is 10.2. The number of carboxylic acids is 1. The van der Waals surface area contributed by atoms with Gasteiger partial charge in [0.05, 0.1) is 6.42 Å². The second kappa shape index (κ2) is 6.78. The first-order chi connectivity index (χ1) is 10.0. The first-order valence-electron chi connectivity index (χ1n) is 6.68. The number of amides is 1. The molecule has 0 aliphatic carbocycles. The number of hydrogen-bond acceptors (Lipinski definition) is 4. The third-order valence-corrected chi connectivity index (χ3v) is 2.84. The van der Waals surface area contributed by atoms with Gasteiger partial charge in [0, 0.05) is 18.6 Å². The van der Waals surface area contributed by atoms with Gasteiger partial charge in [0.1, 0.15) is 5.52 Å². The van der Waals surface area contributed by atoms with Crippen LogP contribution in [0.3, 0.4) is 0 Å². The van der Waals surface area contributed by atoms with Gasteiger partial charge in [-0.05, 0) is 25.5 Å². The number of hydrogen-bond donors (Lipinski definition) is 1. The Kier molecular flexibility index (Phi) is 4.81. The minimum atomic E-state index is -0.907. The summed E-state index contributed by atoms with van der Waals surface area (Å²) in [6.45, 7) is 1.73. The highest BCUT2D eigenvalue weighted by Gasteiger charge is 2.08. The van der Waals surface area contributed by atoms with Crippen molar-refractivity contribution in [2.45, 2.75) is 32.6 Å². The van der Waals surface area contributed by atoms with E-state index in [4.69, 9.17) is 9.52 Å². The van der Waals surface area contributed by atoms with Crippen LogP contribution in [-0.4, -0.2) is 27.7 Å². The number of nitrogens with zero attached hydrogens (tertiary/aromatic N) is 2. The maximum Gasteiger partial charge on any atom is 0.303 e. The van der Waals surface area contributed by atoms with Crippen LogP contribution in [-0.2, 0) is 16.0 Å². The number of aromatic nitrogens is 1. The molecule has 1 amide bonds. The zero-order valence-electron chi connectivity index (χ0n) is 11.7. The number of fused-ring (bicyclic) bond motifs is 1. The molecule has 0 saturated carbocycles. The molecule has 21 heavy (non-hydrogen) atoms. The number of aliphatic imine (C=N–C) groups is 1. The summed E-state index contributed by atoms with van der Waals surface area (Å²) >= 11 is 0. The number of carbonyl (C=O) groups excluding carboxylic acids is 1. The quantitative estimate of drug-likeness (QED) is 0.825. The molecule has 2 aromatic rings. The van der Waals surface area contributed by atoms with Crippen LogP contribution >= 0.6 is 0 Å². The molecule has 0 aliphatic heterocycles. The van der Waals surface area contributed by atoms with Crippen LogP contribution < -0.4 is 0 Å². The highest BCUT2D eigenvalue weighted by atomic mass is 16.4. The summed E-state index contributed by atoms with van der Waals surface area (Å²) in [5.74, 6) is -0.712. The molecule has 0 aliphatic rings. The van der Waals surface area contributed by atoms with Crippen LogP contribution in [0.5, 0.6) is 0 Å². The van der Waals surface area contributed by atoms with Gasteiger partial charge in [-0.3, -0.25) is 9.59 Å². The second-order valence-corrected chi connectivity index (χ2v) is 4.74. The Morgan fingerprint density at radius 2 is 2.05 bits per heavy atom. The smallest absolute Gasteiger partial charge is 0.303 e. The van der Waals surface area contributed by atoms with Crippen LogP contribution in [0.2, 0.25) is 0 Å². The van der Waals surface area contributed by atoms with Crippen molar-refractivity contribution in [1.82, 2.24) is 4.98 Å². The third-order valence-electron chi connectivity index (χ3n) is 2.84. The van der Waals surface area contributed by atoms with Gasteiger partial charge in [0.25, 0.3) is 0 Å². The van der Waals surface area contributed by atoms with E-state index in [-0.39, 0.29) is 18.7 Å². The van der Waals surface area contributed by atoms with Crippen LogP contribution in [0.15, 0.2) is 33.7 Å². The molecule has 6 nitrogen and oxygen atoms in total. The third kappa shape index (κ3) is 4.52. The molecular weight excluding hydrogens is 272 g/mol. The molecule has 110 valence electrons. The van der Waals surface area contributed by atoms with Crippen LogP contribution in [0.4, 0.5) is 0 Å². The average molecular weight is 288 g/mol. The fourth-order valence-electron chi connectivity index (χ4n) is 1.91. The zero-order chi connectivity index (χ0) is 15.2. The number of carbonyl (C=O) groups is 2. The molecule has 1 N–H and O–H groups in total. The van der Waals surface area contributed by atoms with E-state index < -0.39 is 5.97 Å². The standard InChI is InChI=1S/C15H16N2O4/c1-10(16-13(18)7-4-8-15(19)20)9-14-17-11-5-2-3-6-12(11)21-14/h2-3,5-6H,4,7-9H2,1H3,(H,19,20). The lowest BCUT2D eigenvalue weighted by molar-refractivity contribution is -0.137. The number of oxazole rings is 1. The van der Waals surface area contributed by atoms with Gasteiger partial charge in [-0.25, -0.2) is 9.98 Å². The van der Waals surface area contributed by atoms with Crippen molar-refractivity contribution in [2.24, 2.45) is 4.99 Å². The molecule has 6 heteroatoms. The minimum Gasteiger partial charge on any atom is -0.481 e. The number of para-hydroxylation sites is 2. The predicted octanol–water partition coefficient (Wildman–Crippen LogP) is 2.61. The summed E-state index contributed by atoms with van der Waals surface area (Å²) in [5.41, 5.74) is 2.07.